The Morgan fingerprint density at radius 3 is 2.50 bits per heavy atom. The van der Waals surface area contributed by atoms with Crippen LogP contribution in [0.5, 0.6) is 0 Å². The topological polar surface area (TPSA) is 29.3 Å². The Bertz CT molecular complexity index is 371. The zero-order valence-electron chi connectivity index (χ0n) is 11.9. The van der Waals surface area contributed by atoms with Gasteiger partial charge in [-0.15, -0.1) is 0 Å². The standard InChI is InChI=1S/C16H26N2/c1-4-12(2)14-5-7-15(8-6-14)16-9-13(10-17)11-18(16)3/h5-8,12-13,16H,4,9-11,17H2,1-3H3. The molecule has 0 amide bonds. The Labute approximate surface area is 111 Å². The van der Waals surface area contributed by atoms with Crippen LogP contribution in [0.2, 0.25) is 0 Å². The van der Waals surface area contributed by atoms with Gasteiger partial charge >= 0.3 is 0 Å². The minimum absolute atomic E-state index is 0.560. The third-order valence-corrected chi connectivity index (χ3v) is 4.47. The van der Waals surface area contributed by atoms with Gasteiger partial charge in [0.1, 0.15) is 0 Å². The third kappa shape index (κ3) is 2.76. The van der Waals surface area contributed by atoms with Gasteiger partial charge in [0.05, 0.1) is 0 Å². The van der Waals surface area contributed by atoms with Crippen molar-refractivity contribution in [2.24, 2.45) is 11.7 Å². The molecule has 3 atom stereocenters. The van der Waals surface area contributed by atoms with Crippen LogP contribution in [0.3, 0.4) is 0 Å². The third-order valence-electron chi connectivity index (χ3n) is 4.47. The summed E-state index contributed by atoms with van der Waals surface area (Å²) in [6.07, 6.45) is 2.41. The van der Waals surface area contributed by atoms with Crippen LogP contribution in [0, 0.1) is 5.92 Å². The van der Waals surface area contributed by atoms with Crippen molar-refractivity contribution in [3.05, 3.63) is 35.4 Å². The van der Waals surface area contributed by atoms with Crippen molar-refractivity contribution in [3.63, 3.8) is 0 Å². The molecule has 1 aliphatic heterocycles. The SMILES string of the molecule is CCC(C)c1ccc(C2CC(CN)CN2C)cc1. The fourth-order valence-electron chi connectivity index (χ4n) is 2.95. The molecular weight excluding hydrogens is 220 g/mol. The maximum Gasteiger partial charge on any atom is 0.0348 e. The number of likely N-dealkylation sites (tertiary alicyclic amines) is 1. The van der Waals surface area contributed by atoms with E-state index in [0.29, 0.717) is 17.9 Å². The zero-order valence-corrected chi connectivity index (χ0v) is 11.9. The number of nitrogens with two attached hydrogens (primary N) is 1. The lowest BCUT2D eigenvalue weighted by Crippen LogP contribution is -2.20. The van der Waals surface area contributed by atoms with Gasteiger partial charge in [-0.25, -0.2) is 0 Å². The molecule has 0 radical (unpaired) electrons. The summed E-state index contributed by atoms with van der Waals surface area (Å²) in [6.45, 7) is 6.48. The number of nitrogens with zero attached hydrogens (tertiary/aromatic N) is 1. The second-order valence-corrected chi connectivity index (χ2v) is 5.77. The molecule has 2 N–H and O–H groups in total. The molecule has 18 heavy (non-hydrogen) atoms. The molecule has 0 aliphatic carbocycles. The van der Waals surface area contributed by atoms with E-state index < -0.39 is 0 Å². The second-order valence-electron chi connectivity index (χ2n) is 5.77. The molecule has 2 rings (SSSR count). The quantitative estimate of drug-likeness (QED) is 0.884. The van der Waals surface area contributed by atoms with Crippen molar-refractivity contribution in [3.8, 4) is 0 Å². The zero-order chi connectivity index (χ0) is 13.1. The van der Waals surface area contributed by atoms with Gasteiger partial charge in [-0.3, -0.25) is 4.90 Å². The lowest BCUT2D eigenvalue weighted by molar-refractivity contribution is 0.313. The molecule has 0 bridgehead atoms. The average Bonchev–Trinajstić information content (AvgIpc) is 2.79. The Balaban J connectivity index is 2.10. The van der Waals surface area contributed by atoms with Crippen LogP contribution in [0.25, 0.3) is 0 Å². The van der Waals surface area contributed by atoms with E-state index in [9.17, 15) is 0 Å². The van der Waals surface area contributed by atoms with Crippen molar-refractivity contribution < 1.29 is 0 Å². The lowest BCUT2D eigenvalue weighted by atomic mass is 9.94. The van der Waals surface area contributed by atoms with Gasteiger partial charge < -0.3 is 5.73 Å². The Morgan fingerprint density at radius 1 is 1.33 bits per heavy atom. The molecule has 0 aromatic heterocycles. The van der Waals surface area contributed by atoms with E-state index in [1.165, 1.54) is 24.0 Å². The maximum atomic E-state index is 5.79. The van der Waals surface area contributed by atoms with E-state index in [4.69, 9.17) is 5.73 Å². The van der Waals surface area contributed by atoms with Crippen LogP contribution in [0.15, 0.2) is 24.3 Å². The van der Waals surface area contributed by atoms with Gasteiger partial charge in [0, 0.05) is 12.6 Å². The molecule has 1 aromatic rings. The molecule has 1 fully saturated rings. The minimum atomic E-state index is 0.560. The first kappa shape index (κ1) is 13.6. The van der Waals surface area contributed by atoms with Gasteiger partial charge in [0.15, 0.2) is 0 Å². The molecule has 1 saturated heterocycles. The van der Waals surface area contributed by atoms with Crippen molar-refractivity contribution in [2.45, 2.75) is 38.6 Å². The van der Waals surface area contributed by atoms with Gasteiger partial charge in [0.25, 0.3) is 0 Å². The van der Waals surface area contributed by atoms with Crippen molar-refractivity contribution in [1.29, 1.82) is 0 Å². The molecule has 2 nitrogen and oxygen atoms in total. The van der Waals surface area contributed by atoms with Crippen LogP contribution in [0.4, 0.5) is 0 Å². The molecule has 1 aromatic carbocycles. The maximum absolute atomic E-state index is 5.79. The highest BCUT2D eigenvalue weighted by Gasteiger charge is 2.29. The molecule has 100 valence electrons. The molecule has 0 saturated carbocycles. The predicted octanol–water partition coefficient (Wildman–Crippen LogP) is 3.15. The van der Waals surface area contributed by atoms with E-state index >= 15 is 0 Å². The molecule has 3 unspecified atom stereocenters. The largest absolute Gasteiger partial charge is 0.330 e. The van der Waals surface area contributed by atoms with Crippen LogP contribution < -0.4 is 5.73 Å². The monoisotopic (exact) mass is 246 g/mol. The molecule has 1 heterocycles. The average molecular weight is 246 g/mol. The predicted molar refractivity (Wildman–Crippen MR) is 77.7 cm³/mol. The fourth-order valence-corrected chi connectivity index (χ4v) is 2.95. The molecule has 0 spiro atoms. The normalized spacial score (nSPS) is 26.4. The van der Waals surface area contributed by atoms with Crippen LogP contribution >= 0.6 is 0 Å². The van der Waals surface area contributed by atoms with E-state index in [1.807, 2.05) is 0 Å². The molecule has 1 aliphatic rings. The van der Waals surface area contributed by atoms with Gasteiger partial charge in [0.2, 0.25) is 0 Å². The molecular formula is C16H26N2. The summed E-state index contributed by atoms with van der Waals surface area (Å²) in [5, 5.41) is 0. The van der Waals surface area contributed by atoms with E-state index in [0.717, 1.165) is 13.1 Å². The van der Waals surface area contributed by atoms with Gasteiger partial charge in [-0.1, -0.05) is 38.1 Å². The fraction of sp³-hybridized carbons (Fsp3) is 0.625. The number of benzene rings is 1. The van der Waals surface area contributed by atoms with Crippen LogP contribution in [-0.2, 0) is 0 Å². The van der Waals surface area contributed by atoms with Gasteiger partial charge in [-0.05, 0) is 49.4 Å². The van der Waals surface area contributed by atoms with Crippen molar-refractivity contribution in [1.82, 2.24) is 4.90 Å². The summed E-state index contributed by atoms with van der Waals surface area (Å²) in [7, 11) is 2.21. The van der Waals surface area contributed by atoms with E-state index in [-0.39, 0.29) is 0 Å². The van der Waals surface area contributed by atoms with E-state index in [1.54, 1.807) is 0 Å². The highest BCUT2D eigenvalue weighted by molar-refractivity contribution is 5.27. The number of hydrogen-bond acceptors (Lipinski definition) is 2. The Morgan fingerprint density at radius 2 is 2.00 bits per heavy atom. The van der Waals surface area contributed by atoms with E-state index in [2.05, 4.69) is 50.1 Å². The van der Waals surface area contributed by atoms with Crippen LogP contribution in [0.1, 0.15) is 49.8 Å². The first-order valence-corrected chi connectivity index (χ1v) is 7.15. The summed E-state index contributed by atoms with van der Waals surface area (Å²) < 4.78 is 0. The minimum Gasteiger partial charge on any atom is -0.330 e. The number of hydrogen-bond donors (Lipinski definition) is 1. The second kappa shape index (κ2) is 5.85. The summed E-state index contributed by atoms with van der Waals surface area (Å²) in [5.74, 6) is 1.33. The summed E-state index contributed by atoms with van der Waals surface area (Å²) in [4.78, 5) is 2.44. The highest BCUT2D eigenvalue weighted by atomic mass is 15.2. The Kier molecular flexibility index (Phi) is 4.41. The first-order valence-electron chi connectivity index (χ1n) is 7.15. The van der Waals surface area contributed by atoms with Crippen molar-refractivity contribution in [2.75, 3.05) is 20.1 Å². The first-order chi connectivity index (χ1) is 8.65. The smallest absolute Gasteiger partial charge is 0.0348 e. The van der Waals surface area contributed by atoms with Crippen LogP contribution in [-0.4, -0.2) is 25.0 Å². The van der Waals surface area contributed by atoms with Gasteiger partial charge in [-0.2, -0.15) is 0 Å². The lowest BCUT2D eigenvalue weighted by Gasteiger charge is -2.20. The molecule has 2 heteroatoms. The summed E-state index contributed by atoms with van der Waals surface area (Å²) in [5.41, 5.74) is 8.69. The Hall–Kier alpha value is -0.860. The summed E-state index contributed by atoms with van der Waals surface area (Å²) >= 11 is 0. The summed E-state index contributed by atoms with van der Waals surface area (Å²) in [6, 6.07) is 9.77. The highest BCUT2D eigenvalue weighted by Crippen LogP contribution is 2.34. The number of rotatable bonds is 4. The van der Waals surface area contributed by atoms with Crippen molar-refractivity contribution >= 4 is 0 Å².